The van der Waals surface area contributed by atoms with Crippen molar-refractivity contribution in [3.8, 4) is 5.75 Å². The van der Waals surface area contributed by atoms with Crippen molar-refractivity contribution in [3.05, 3.63) is 42.5 Å². The molecule has 112 valence electrons. The van der Waals surface area contributed by atoms with Gasteiger partial charge in [-0.25, -0.2) is 0 Å². The molecule has 0 radical (unpaired) electrons. The monoisotopic (exact) mass is 311 g/mol. The molecule has 0 aromatic heterocycles. The van der Waals surface area contributed by atoms with Crippen LogP contribution < -0.4 is 10.2 Å². The van der Waals surface area contributed by atoms with Crippen LogP contribution in [0, 0.1) is 0 Å². The molecular formula is C14H15F2N3OS. The zero-order chi connectivity index (χ0) is 15.2. The largest absolute Gasteiger partial charge is 0.435 e. The molecule has 0 bridgehead atoms. The van der Waals surface area contributed by atoms with Gasteiger partial charge in [0.15, 0.2) is 5.17 Å². The van der Waals surface area contributed by atoms with Gasteiger partial charge >= 0.3 is 6.61 Å². The smallest absolute Gasteiger partial charge is 0.387 e. The molecule has 1 aliphatic rings. The fourth-order valence-corrected chi connectivity index (χ4v) is 2.66. The van der Waals surface area contributed by atoms with E-state index < -0.39 is 6.61 Å². The number of nitrogens with one attached hydrogen (secondary N) is 1. The standard InChI is InChI=1S/C14H15F2N3OS/c1-3-8-17-14-19-18-12(9(2)21-14)10-4-6-11(7-5-10)20-13(15)16/h3-7,9,13H,1,8H2,2H3,(H,17,19)/t9-/m1/s1. The summed E-state index contributed by atoms with van der Waals surface area (Å²) < 4.78 is 28.5. The third-order valence-electron chi connectivity index (χ3n) is 2.68. The Morgan fingerprint density at radius 2 is 2.19 bits per heavy atom. The minimum Gasteiger partial charge on any atom is -0.435 e. The summed E-state index contributed by atoms with van der Waals surface area (Å²) in [6.45, 7) is 3.34. The first kappa shape index (κ1) is 15.5. The minimum absolute atomic E-state index is 0.108. The number of aliphatic imine (C=N–C) groups is 1. The molecule has 7 heteroatoms. The molecule has 0 unspecified atom stereocenters. The SMILES string of the molecule is C=CCN=C1NN=C(c2ccc(OC(F)F)cc2)[C@@H](C)S1. The Labute approximate surface area is 126 Å². The number of hydrogen-bond donors (Lipinski definition) is 1. The number of halogens is 2. The Kier molecular flexibility index (Phi) is 5.32. The van der Waals surface area contributed by atoms with E-state index in [1.807, 2.05) is 6.92 Å². The molecule has 4 nitrogen and oxygen atoms in total. The van der Waals surface area contributed by atoms with Crippen molar-refractivity contribution in [2.24, 2.45) is 10.1 Å². The summed E-state index contributed by atoms with van der Waals surface area (Å²) in [5.74, 6) is 0.131. The lowest BCUT2D eigenvalue weighted by molar-refractivity contribution is -0.0498. The van der Waals surface area contributed by atoms with Gasteiger partial charge in [-0.05, 0) is 36.8 Å². The van der Waals surface area contributed by atoms with Crippen LogP contribution in [0.4, 0.5) is 8.78 Å². The molecule has 0 saturated heterocycles. The summed E-state index contributed by atoms with van der Waals surface area (Å²) in [6, 6.07) is 6.42. The molecule has 1 aliphatic heterocycles. The number of nitrogens with zero attached hydrogens (tertiary/aromatic N) is 2. The second-order valence-corrected chi connectivity index (χ2v) is 5.54. The average Bonchev–Trinajstić information content (AvgIpc) is 2.46. The van der Waals surface area contributed by atoms with Crippen molar-refractivity contribution >= 4 is 22.6 Å². The Bertz CT molecular complexity index is 558. The number of hydrazone groups is 1. The maximum absolute atomic E-state index is 12.1. The van der Waals surface area contributed by atoms with Crippen LogP contribution in [0.1, 0.15) is 12.5 Å². The van der Waals surface area contributed by atoms with Crippen LogP contribution in [-0.4, -0.2) is 29.3 Å². The van der Waals surface area contributed by atoms with Crippen molar-refractivity contribution in [2.75, 3.05) is 6.54 Å². The Morgan fingerprint density at radius 3 is 2.76 bits per heavy atom. The molecule has 0 spiro atoms. The molecule has 21 heavy (non-hydrogen) atoms. The molecule has 1 atom stereocenters. The highest BCUT2D eigenvalue weighted by molar-refractivity contribution is 8.15. The summed E-state index contributed by atoms with van der Waals surface area (Å²) in [5, 5.41) is 5.15. The minimum atomic E-state index is -2.82. The van der Waals surface area contributed by atoms with Crippen molar-refractivity contribution < 1.29 is 13.5 Å². The number of benzene rings is 1. The van der Waals surface area contributed by atoms with E-state index in [9.17, 15) is 8.78 Å². The van der Waals surface area contributed by atoms with Gasteiger partial charge in [0.05, 0.1) is 17.5 Å². The quantitative estimate of drug-likeness (QED) is 0.849. The average molecular weight is 311 g/mol. The summed E-state index contributed by atoms with van der Waals surface area (Å²) in [7, 11) is 0. The Balaban J connectivity index is 2.11. The maximum atomic E-state index is 12.1. The molecule has 0 saturated carbocycles. The van der Waals surface area contributed by atoms with E-state index in [4.69, 9.17) is 0 Å². The van der Waals surface area contributed by atoms with Crippen LogP contribution in [0.5, 0.6) is 5.75 Å². The maximum Gasteiger partial charge on any atom is 0.387 e. The third kappa shape index (κ3) is 4.29. The lowest BCUT2D eigenvalue weighted by atomic mass is 10.1. The molecular weight excluding hydrogens is 296 g/mol. The van der Waals surface area contributed by atoms with E-state index in [0.29, 0.717) is 6.54 Å². The molecule has 0 amide bonds. The van der Waals surface area contributed by atoms with Crippen molar-refractivity contribution in [2.45, 2.75) is 18.8 Å². The predicted molar refractivity (Wildman–Crippen MR) is 82.3 cm³/mol. The van der Waals surface area contributed by atoms with Crippen LogP contribution >= 0.6 is 11.8 Å². The summed E-state index contributed by atoms with van der Waals surface area (Å²) in [6.07, 6.45) is 1.71. The van der Waals surface area contributed by atoms with Crippen LogP contribution in [0.2, 0.25) is 0 Å². The summed E-state index contributed by atoms with van der Waals surface area (Å²) >= 11 is 1.55. The summed E-state index contributed by atoms with van der Waals surface area (Å²) in [4.78, 5) is 4.27. The van der Waals surface area contributed by atoms with Crippen molar-refractivity contribution in [1.82, 2.24) is 5.43 Å². The van der Waals surface area contributed by atoms with E-state index in [1.54, 1.807) is 30.0 Å². The lowest BCUT2D eigenvalue weighted by Gasteiger charge is -2.21. The van der Waals surface area contributed by atoms with Crippen LogP contribution in [-0.2, 0) is 0 Å². The second kappa shape index (κ2) is 7.21. The second-order valence-electron chi connectivity index (χ2n) is 4.21. The van der Waals surface area contributed by atoms with Crippen LogP contribution in [0.15, 0.2) is 47.0 Å². The first-order chi connectivity index (χ1) is 10.1. The molecule has 0 aliphatic carbocycles. The highest BCUT2D eigenvalue weighted by Gasteiger charge is 2.21. The van der Waals surface area contributed by atoms with Crippen LogP contribution in [0.3, 0.4) is 0 Å². The zero-order valence-corrected chi connectivity index (χ0v) is 12.2. The van der Waals surface area contributed by atoms with Gasteiger partial charge in [0.25, 0.3) is 0 Å². The molecule has 2 rings (SSSR count). The number of ether oxygens (including phenoxy) is 1. The van der Waals surface area contributed by atoms with Crippen LogP contribution in [0.25, 0.3) is 0 Å². The Morgan fingerprint density at radius 1 is 1.48 bits per heavy atom. The van der Waals surface area contributed by atoms with Gasteiger partial charge < -0.3 is 4.74 Å². The molecule has 1 N–H and O–H groups in total. The third-order valence-corrected chi connectivity index (χ3v) is 3.71. The van der Waals surface area contributed by atoms with E-state index in [-0.39, 0.29) is 11.0 Å². The number of hydrogen-bond acceptors (Lipinski definition) is 4. The van der Waals surface area contributed by atoms with Crippen molar-refractivity contribution in [1.29, 1.82) is 0 Å². The highest BCUT2D eigenvalue weighted by atomic mass is 32.2. The number of amidine groups is 1. The first-order valence-electron chi connectivity index (χ1n) is 6.31. The van der Waals surface area contributed by atoms with Gasteiger partial charge in [-0.3, -0.25) is 10.4 Å². The van der Waals surface area contributed by atoms with E-state index in [0.717, 1.165) is 16.4 Å². The topological polar surface area (TPSA) is 46.0 Å². The zero-order valence-electron chi connectivity index (χ0n) is 11.4. The van der Waals surface area contributed by atoms with E-state index in [1.165, 1.54) is 12.1 Å². The fraction of sp³-hybridized carbons (Fsp3) is 0.286. The Hall–Kier alpha value is -1.89. The first-order valence-corrected chi connectivity index (χ1v) is 7.19. The number of alkyl halides is 2. The van der Waals surface area contributed by atoms with E-state index in [2.05, 4.69) is 26.8 Å². The molecule has 1 aromatic rings. The van der Waals surface area contributed by atoms with Gasteiger partial charge in [0.1, 0.15) is 5.75 Å². The lowest BCUT2D eigenvalue weighted by Crippen LogP contribution is -2.31. The van der Waals surface area contributed by atoms with Gasteiger partial charge in [-0.15, -0.1) is 6.58 Å². The molecule has 1 heterocycles. The predicted octanol–water partition coefficient (Wildman–Crippen LogP) is 3.26. The normalized spacial score (nSPS) is 20.1. The van der Waals surface area contributed by atoms with E-state index >= 15 is 0 Å². The van der Waals surface area contributed by atoms with Gasteiger partial charge in [0.2, 0.25) is 0 Å². The summed E-state index contributed by atoms with van der Waals surface area (Å²) in [5.41, 5.74) is 4.57. The van der Waals surface area contributed by atoms with Crippen molar-refractivity contribution in [3.63, 3.8) is 0 Å². The van der Waals surface area contributed by atoms with Gasteiger partial charge in [-0.1, -0.05) is 17.8 Å². The number of rotatable bonds is 5. The number of thioether (sulfide) groups is 1. The van der Waals surface area contributed by atoms with Gasteiger partial charge in [0, 0.05) is 0 Å². The molecule has 1 aromatic carbocycles. The molecule has 0 fully saturated rings. The fourth-order valence-electron chi connectivity index (χ4n) is 1.78. The van der Waals surface area contributed by atoms with Gasteiger partial charge in [-0.2, -0.15) is 13.9 Å². The highest BCUT2D eigenvalue weighted by Crippen LogP contribution is 2.23.